The summed E-state index contributed by atoms with van der Waals surface area (Å²) in [6.07, 6.45) is -0.270. The number of benzene rings is 1. The van der Waals surface area contributed by atoms with Crippen molar-refractivity contribution in [1.82, 2.24) is 0 Å². The lowest BCUT2D eigenvalue weighted by Gasteiger charge is -2.06. The molecule has 0 fully saturated rings. The molecule has 76 valence electrons. The Morgan fingerprint density at radius 2 is 2.07 bits per heavy atom. The summed E-state index contributed by atoms with van der Waals surface area (Å²) in [5.41, 5.74) is 1.62. The highest BCUT2D eigenvalue weighted by molar-refractivity contribution is 9.08. The van der Waals surface area contributed by atoms with Crippen molar-refractivity contribution in [3.8, 4) is 0 Å². The highest BCUT2D eigenvalue weighted by Gasteiger charge is 2.11. The number of halogens is 2. The Morgan fingerprint density at radius 3 is 2.57 bits per heavy atom. The van der Waals surface area contributed by atoms with E-state index in [0.29, 0.717) is 10.9 Å². The van der Waals surface area contributed by atoms with Crippen molar-refractivity contribution >= 4 is 21.9 Å². The van der Waals surface area contributed by atoms with E-state index in [1.54, 1.807) is 12.1 Å². The molecular formula is C10H10BrFO2. The third-order valence-corrected chi connectivity index (χ3v) is 2.46. The first kappa shape index (κ1) is 11.2. The Morgan fingerprint density at radius 1 is 1.50 bits per heavy atom. The number of aliphatic carboxylic acids is 1. The van der Waals surface area contributed by atoms with Gasteiger partial charge in [-0.05, 0) is 18.1 Å². The lowest BCUT2D eigenvalue weighted by Crippen LogP contribution is -2.04. The van der Waals surface area contributed by atoms with Crippen LogP contribution < -0.4 is 0 Å². The summed E-state index contributed by atoms with van der Waals surface area (Å²) >= 11 is 3.16. The summed E-state index contributed by atoms with van der Waals surface area (Å²) in [7, 11) is 0. The van der Waals surface area contributed by atoms with E-state index in [1.165, 1.54) is 0 Å². The zero-order chi connectivity index (χ0) is 10.7. The van der Waals surface area contributed by atoms with E-state index in [2.05, 4.69) is 15.9 Å². The van der Waals surface area contributed by atoms with Crippen LogP contribution in [0.4, 0.5) is 4.39 Å². The van der Waals surface area contributed by atoms with Crippen molar-refractivity contribution in [2.75, 3.05) is 0 Å². The Hall–Kier alpha value is -0.900. The second-order valence-corrected chi connectivity index (χ2v) is 3.66. The monoisotopic (exact) mass is 260 g/mol. The van der Waals surface area contributed by atoms with Crippen LogP contribution in [0, 0.1) is 12.7 Å². The number of hydrogen-bond donors (Lipinski definition) is 1. The maximum atomic E-state index is 13.5. The van der Waals surface area contributed by atoms with Crippen LogP contribution >= 0.6 is 15.9 Å². The van der Waals surface area contributed by atoms with Gasteiger partial charge in [0.25, 0.3) is 0 Å². The van der Waals surface area contributed by atoms with Crippen molar-refractivity contribution < 1.29 is 14.3 Å². The predicted molar refractivity (Wildman–Crippen MR) is 55.1 cm³/mol. The first-order valence-corrected chi connectivity index (χ1v) is 5.22. The van der Waals surface area contributed by atoms with Crippen LogP contribution in [0.3, 0.4) is 0 Å². The fourth-order valence-electron chi connectivity index (χ4n) is 1.31. The first-order chi connectivity index (χ1) is 6.54. The molecule has 0 saturated heterocycles. The van der Waals surface area contributed by atoms with E-state index in [0.717, 1.165) is 5.56 Å². The van der Waals surface area contributed by atoms with Gasteiger partial charge < -0.3 is 5.11 Å². The predicted octanol–water partition coefficient (Wildman–Crippen LogP) is 2.66. The Bertz CT molecular complexity index is 363. The summed E-state index contributed by atoms with van der Waals surface area (Å²) in [4.78, 5) is 10.5. The standard InChI is InChI=1S/C10H10BrFO2/c1-6-2-7(4-9(13)14)10(12)8(3-6)5-11/h2-3H,4-5H2,1H3,(H,13,14). The van der Waals surface area contributed by atoms with Gasteiger partial charge in [-0.2, -0.15) is 0 Å². The largest absolute Gasteiger partial charge is 0.481 e. The topological polar surface area (TPSA) is 37.3 Å². The molecule has 1 aromatic carbocycles. The zero-order valence-corrected chi connectivity index (χ0v) is 9.27. The van der Waals surface area contributed by atoms with Gasteiger partial charge in [0.1, 0.15) is 5.82 Å². The summed E-state index contributed by atoms with van der Waals surface area (Å²) in [5.74, 6) is -1.44. The third kappa shape index (κ3) is 2.54. The number of carboxylic acids is 1. The number of alkyl halides is 1. The molecule has 0 radical (unpaired) electrons. The van der Waals surface area contributed by atoms with Gasteiger partial charge in [-0.3, -0.25) is 4.79 Å². The normalized spacial score (nSPS) is 10.2. The molecule has 1 aromatic rings. The minimum atomic E-state index is -1.02. The maximum absolute atomic E-state index is 13.5. The van der Waals surface area contributed by atoms with Crippen LogP contribution in [-0.4, -0.2) is 11.1 Å². The first-order valence-electron chi connectivity index (χ1n) is 4.10. The van der Waals surface area contributed by atoms with Crippen molar-refractivity contribution in [1.29, 1.82) is 0 Å². The fourth-order valence-corrected chi connectivity index (χ4v) is 1.72. The maximum Gasteiger partial charge on any atom is 0.307 e. The minimum Gasteiger partial charge on any atom is -0.481 e. The molecule has 0 heterocycles. The Balaban J connectivity index is 3.15. The second kappa shape index (κ2) is 4.55. The van der Waals surface area contributed by atoms with Crippen molar-refractivity contribution in [2.24, 2.45) is 0 Å². The zero-order valence-electron chi connectivity index (χ0n) is 7.68. The van der Waals surface area contributed by atoms with E-state index in [4.69, 9.17) is 5.11 Å². The molecule has 4 heteroatoms. The van der Waals surface area contributed by atoms with E-state index < -0.39 is 11.8 Å². The Kier molecular flexibility index (Phi) is 3.63. The number of rotatable bonds is 3. The van der Waals surface area contributed by atoms with Gasteiger partial charge in [0.2, 0.25) is 0 Å². The highest BCUT2D eigenvalue weighted by Crippen LogP contribution is 2.18. The molecule has 0 amide bonds. The molecule has 2 nitrogen and oxygen atoms in total. The number of aryl methyl sites for hydroxylation is 1. The molecular weight excluding hydrogens is 251 g/mol. The van der Waals surface area contributed by atoms with Gasteiger partial charge in [-0.1, -0.05) is 33.6 Å². The molecule has 0 bridgehead atoms. The van der Waals surface area contributed by atoms with Gasteiger partial charge >= 0.3 is 5.97 Å². The number of carbonyl (C=O) groups is 1. The number of carboxylic acid groups (broad SMARTS) is 1. The van der Waals surface area contributed by atoms with Crippen LogP contribution in [0.2, 0.25) is 0 Å². The quantitative estimate of drug-likeness (QED) is 0.849. The molecule has 0 atom stereocenters. The van der Waals surface area contributed by atoms with E-state index in [-0.39, 0.29) is 12.0 Å². The molecule has 0 aromatic heterocycles. The van der Waals surface area contributed by atoms with Crippen LogP contribution in [0.25, 0.3) is 0 Å². The summed E-state index contributed by atoms with van der Waals surface area (Å²) in [6.45, 7) is 1.82. The SMILES string of the molecule is Cc1cc(CBr)c(F)c(CC(=O)O)c1. The van der Waals surface area contributed by atoms with Crippen LogP contribution in [0.5, 0.6) is 0 Å². The van der Waals surface area contributed by atoms with Crippen LogP contribution in [0.15, 0.2) is 12.1 Å². The fraction of sp³-hybridized carbons (Fsp3) is 0.300. The van der Waals surface area contributed by atoms with E-state index in [9.17, 15) is 9.18 Å². The summed E-state index contributed by atoms with van der Waals surface area (Å²) < 4.78 is 13.5. The van der Waals surface area contributed by atoms with Gasteiger partial charge in [0, 0.05) is 5.33 Å². The van der Waals surface area contributed by atoms with Crippen LogP contribution in [-0.2, 0) is 16.5 Å². The average Bonchev–Trinajstić information content (AvgIpc) is 2.09. The minimum absolute atomic E-state index is 0.243. The highest BCUT2D eigenvalue weighted by atomic mass is 79.9. The molecule has 0 aliphatic carbocycles. The molecule has 0 unspecified atom stereocenters. The Labute approximate surface area is 89.9 Å². The lowest BCUT2D eigenvalue weighted by atomic mass is 10.0. The van der Waals surface area contributed by atoms with Gasteiger partial charge in [0.15, 0.2) is 0 Å². The smallest absolute Gasteiger partial charge is 0.307 e. The second-order valence-electron chi connectivity index (χ2n) is 3.10. The van der Waals surface area contributed by atoms with E-state index >= 15 is 0 Å². The molecule has 14 heavy (non-hydrogen) atoms. The molecule has 0 aliphatic rings. The van der Waals surface area contributed by atoms with Gasteiger partial charge in [-0.15, -0.1) is 0 Å². The molecule has 1 N–H and O–H groups in total. The molecule has 1 rings (SSSR count). The summed E-state index contributed by atoms with van der Waals surface area (Å²) in [5, 5.41) is 8.96. The van der Waals surface area contributed by atoms with E-state index in [1.807, 2.05) is 6.92 Å². The summed E-state index contributed by atoms with van der Waals surface area (Å²) in [6, 6.07) is 3.27. The molecule has 0 aliphatic heterocycles. The van der Waals surface area contributed by atoms with Crippen LogP contribution in [0.1, 0.15) is 16.7 Å². The van der Waals surface area contributed by atoms with Crippen molar-refractivity contribution in [3.05, 3.63) is 34.6 Å². The molecule has 0 spiro atoms. The van der Waals surface area contributed by atoms with Gasteiger partial charge in [-0.25, -0.2) is 4.39 Å². The van der Waals surface area contributed by atoms with Gasteiger partial charge in [0.05, 0.1) is 6.42 Å². The number of hydrogen-bond acceptors (Lipinski definition) is 1. The van der Waals surface area contributed by atoms with Crippen molar-refractivity contribution in [3.63, 3.8) is 0 Å². The third-order valence-electron chi connectivity index (χ3n) is 1.85. The average molecular weight is 261 g/mol. The van der Waals surface area contributed by atoms with Crippen molar-refractivity contribution in [2.45, 2.75) is 18.7 Å². The lowest BCUT2D eigenvalue weighted by molar-refractivity contribution is -0.136. The molecule has 0 saturated carbocycles.